The number of methoxy groups -OCH3 is 1. The second-order valence-corrected chi connectivity index (χ2v) is 3.06. The van der Waals surface area contributed by atoms with E-state index in [1.54, 1.807) is 24.5 Å². The van der Waals surface area contributed by atoms with Crippen molar-refractivity contribution in [2.75, 3.05) is 7.11 Å². The van der Waals surface area contributed by atoms with Gasteiger partial charge in [-0.2, -0.15) is 0 Å². The third-order valence-corrected chi connectivity index (χ3v) is 2.19. The molecule has 2 unspecified atom stereocenters. The van der Waals surface area contributed by atoms with Crippen molar-refractivity contribution in [2.45, 2.75) is 12.1 Å². The molecule has 0 radical (unpaired) electrons. The molecule has 15 heavy (non-hydrogen) atoms. The van der Waals surface area contributed by atoms with Crippen LogP contribution in [0.15, 0.2) is 29.5 Å². The molecule has 0 N–H and O–H groups in total. The Morgan fingerprint density at radius 3 is 2.87 bits per heavy atom. The molecule has 5 heteroatoms. The van der Waals surface area contributed by atoms with E-state index in [0.29, 0.717) is 0 Å². The fourth-order valence-electron chi connectivity index (χ4n) is 1.44. The van der Waals surface area contributed by atoms with E-state index in [1.165, 1.54) is 13.5 Å². The van der Waals surface area contributed by atoms with E-state index in [2.05, 4.69) is 14.7 Å². The quantitative estimate of drug-likeness (QED) is 0.669. The summed E-state index contributed by atoms with van der Waals surface area (Å²) in [7, 11) is 1.33. The molecule has 1 aromatic heterocycles. The number of pyridine rings is 1. The van der Waals surface area contributed by atoms with Crippen LogP contribution < -0.4 is 0 Å². The van der Waals surface area contributed by atoms with Crippen LogP contribution in [-0.4, -0.2) is 30.5 Å². The molecule has 0 spiro atoms. The van der Waals surface area contributed by atoms with Crippen molar-refractivity contribution in [2.24, 2.45) is 4.99 Å². The van der Waals surface area contributed by atoms with Gasteiger partial charge in [0.15, 0.2) is 18.5 Å². The van der Waals surface area contributed by atoms with Gasteiger partial charge in [0.25, 0.3) is 0 Å². The van der Waals surface area contributed by atoms with E-state index in [4.69, 9.17) is 4.74 Å². The van der Waals surface area contributed by atoms with Gasteiger partial charge in [-0.3, -0.25) is 4.98 Å². The molecule has 1 aliphatic heterocycles. The highest BCUT2D eigenvalue weighted by atomic mass is 16.5. The Labute approximate surface area is 86.8 Å². The molecule has 2 atom stereocenters. The smallest absolute Gasteiger partial charge is 0.334 e. The predicted octanol–water partition coefficient (Wildman–Crippen LogP) is 0.723. The van der Waals surface area contributed by atoms with Gasteiger partial charge in [0.2, 0.25) is 0 Å². The average Bonchev–Trinajstić information content (AvgIpc) is 2.78. The van der Waals surface area contributed by atoms with E-state index < -0.39 is 18.1 Å². The molecule has 78 valence electrons. The third kappa shape index (κ3) is 1.81. The normalized spacial score (nSPS) is 23.5. The van der Waals surface area contributed by atoms with Gasteiger partial charge in [0.05, 0.1) is 7.11 Å². The lowest BCUT2D eigenvalue weighted by Gasteiger charge is -2.14. The van der Waals surface area contributed by atoms with Crippen molar-refractivity contribution in [1.29, 1.82) is 0 Å². The SMILES string of the molecule is COC(=O)C1N=COC1c1ccncc1. The average molecular weight is 206 g/mol. The van der Waals surface area contributed by atoms with Crippen molar-refractivity contribution in [3.8, 4) is 0 Å². The van der Waals surface area contributed by atoms with Crippen LogP contribution in [-0.2, 0) is 14.3 Å². The van der Waals surface area contributed by atoms with Gasteiger partial charge in [0, 0.05) is 12.4 Å². The topological polar surface area (TPSA) is 60.8 Å². The first-order valence-electron chi connectivity index (χ1n) is 4.48. The number of hydrogen-bond acceptors (Lipinski definition) is 5. The number of esters is 1. The van der Waals surface area contributed by atoms with Gasteiger partial charge in [-0.25, -0.2) is 9.79 Å². The highest BCUT2D eigenvalue weighted by Gasteiger charge is 2.34. The zero-order chi connectivity index (χ0) is 10.7. The fraction of sp³-hybridized carbons (Fsp3) is 0.300. The van der Waals surface area contributed by atoms with Crippen LogP contribution in [0.5, 0.6) is 0 Å². The minimum absolute atomic E-state index is 0.398. The minimum atomic E-state index is -0.614. The predicted molar refractivity (Wildman–Crippen MR) is 52.4 cm³/mol. The van der Waals surface area contributed by atoms with E-state index in [-0.39, 0.29) is 0 Å². The Morgan fingerprint density at radius 1 is 1.47 bits per heavy atom. The molecule has 2 heterocycles. The molecule has 1 aromatic rings. The summed E-state index contributed by atoms with van der Waals surface area (Å²) < 4.78 is 9.89. The number of nitrogens with zero attached hydrogens (tertiary/aromatic N) is 2. The van der Waals surface area contributed by atoms with Crippen LogP contribution in [0, 0.1) is 0 Å². The number of aromatic nitrogens is 1. The summed E-state index contributed by atoms with van der Waals surface area (Å²) >= 11 is 0. The van der Waals surface area contributed by atoms with Crippen LogP contribution >= 0.6 is 0 Å². The number of carbonyl (C=O) groups is 1. The molecule has 1 aliphatic rings. The summed E-state index contributed by atoms with van der Waals surface area (Å²) in [4.78, 5) is 19.2. The van der Waals surface area contributed by atoms with Gasteiger partial charge in [-0.1, -0.05) is 0 Å². The molecule has 0 aromatic carbocycles. The van der Waals surface area contributed by atoms with Crippen LogP contribution in [0.1, 0.15) is 11.7 Å². The molecular weight excluding hydrogens is 196 g/mol. The van der Waals surface area contributed by atoms with Crippen molar-refractivity contribution < 1.29 is 14.3 Å². The summed E-state index contributed by atoms with van der Waals surface area (Å²) in [5.41, 5.74) is 0.859. The standard InChI is InChI=1S/C10H10N2O3/c1-14-10(13)8-9(15-6-12-8)7-2-4-11-5-3-7/h2-6,8-9H,1H3. The van der Waals surface area contributed by atoms with Gasteiger partial charge in [-0.15, -0.1) is 0 Å². The van der Waals surface area contributed by atoms with E-state index in [9.17, 15) is 4.79 Å². The molecule has 0 saturated heterocycles. The maximum Gasteiger partial charge on any atom is 0.334 e. The lowest BCUT2D eigenvalue weighted by molar-refractivity contribution is -0.143. The molecular formula is C10H10N2O3. The first kappa shape index (κ1) is 9.64. The number of aliphatic imine (C=N–C) groups is 1. The van der Waals surface area contributed by atoms with E-state index in [1.807, 2.05) is 0 Å². The van der Waals surface area contributed by atoms with Crippen molar-refractivity contribution in [3.63, 3.8) is 0 Å². The number of carbonyl (C=O) groups excluding carboxylic acids is 1. The molecule has 0 saturated carbocycles. The zero-order valence-corrected chi connectivity index (χ0v) is 8.16. The molecule has 5 nitrogen and oxygen atoms in total. The van der Waals surface area contributed by atoms with E-state index >= 15 is 0 Å². The van der Waals surface area contributed by atoms with Gasteiger partial charge in [-0.05, 0) is 17.7 Å². The van der Waals surface area contributed by atoms with Crippen LogP contribution in [0.4, 0.5) is 0 Å². The number of rotatable bonds is 2. The fourth-order valence-corrected chi connectivity index (χ4v) is 1.44. The van der Waals surface area contributed by atoms with Gasteiger partial charge < -0.3 is 9.47 Å². The first-order valence-corrected chi connectivity index (χ1v) is 4.48. The molecule has 0 aliphatic carbocycles. The molecule has 0 amide bonds. The lowest BCUT2D eigenvalue weighted by Crippen LogP contribution is -2.25. The Hall–Kier alpha value is -1.91. The third-order valence-electron chi connectivity index (χ3n) is 2.19. The first-order chi connectivity index (χ1) is 7.33. The summed E-state index contributed by atoms with van der Waals surface area (Å²) in [6.45, 7) is 0. The Balaban J connectivity index is 2.21. The minimum Gasteiger partial charge on any atom is -0.473 e. The summed E-state index contributed by atoms with van der Waals surface area (Å²) in [5.74, 6) is -0.398. The summed E-state index contributed by atoms with van der Waals surface area (Å²) in [6, 6.07) is 2.96. The van der Waals surface area contributed by atoms with Gasteiger partial charge in [0.1, 0.15) is 0 Å². The zero-order valence-electron chi connectivity index (χ0n) is 8.16. The summed E-state index contributed by atoms with van der Waals surface area (Å²) in [5, 5.41) is 0. The second kappa shape index (κ2) is 4.08. The molecule has 0 bridgehead atoms. The largest absolute Gasteiger partial charge is 0.473 e. The second-order valence-electron chi connectivity index (χ2n) is 3.06. The van der Waals surface area contributed by atoms with Crippen LogP contribution in [0.2, 0.25) is 0 Å². The Kier molecular flexibility index (Phi) is 2.62. The monoisotopic (exact) mass is 206 g/mol. The Morgan fingerprint density at radius 2 is 2.20 bits per heavy atom. The van der Waals surface area contributed by atoms with Gasteiger partial charge >= 0.3 is 5.97 Å². The Bertz CT molecular complexity index is 378. The van der Waals surface area contributed by atoms with Crippen LogP contribution in [0.25, 0.3) is 0 Å². The number of ether oxygens (including phenoxy) is 2. The van der Waals surface area contributed by atoms with Crippen molar-refractivity contribution in [1.82, 2.24) is 4.98 Å². The summed E-state index contributed by atoms with van der Waals surface area (Å²) in [6.07, 6.45) is 4.17. The van der Waals surface area contributed by atoms with Crippen LogP contribution in [0.3, 0.4) is 0 Å². The number of hydrogen-bond donors (Lipinski definition) is 0. The van der Waals surface area contributed by atoms with Crippen molar-refractivity contribution >= 4 is 12.4 Å². The molecule has 2 rings (SSSR count). The maximum atomic E-state index is 11.4. The maximum absolute atomic E-state index is 11.4. The van der Waals surface area contributed by atoms with E-state index in [0.717, 1.165) is 5.56 Å². The highest BCUT2D eigenvalue weighted by Crippen LogP contribution is 2.26. The molecule has 0 fully saturated rings. The highest BCUT2D eigenvalue weighted by molar-refractivity contribution is 5.80. The van der Waals surface area contributed by atoms with Crippen molar-refractivity contribution in [3.05, 3.63) is 30.1 Å². The lowest BCUT2D eigenvalue weighted by atomic mass is 10.0.